The first kappa shape index (κ1) is 14.6. The molecule has 0 aliphatic rings. The molecule has 0 bridgehead atoms. The molecule has 104 valence electrons. The van der Waals surface area contributed by atoms with Crippen LogP contribution in [0.2, 0.25) is 10.0 Å². The minimum atomic E-state index is -0.364. The lowest BCUT2D eigenvalue weighted by atomic mass is 10.3. The van der Waals surface area contributed by atoms with Crippen molar-refractivity contribution >= 4 is 40.5 Å². The van der Waals surface area contributed by atoms with Crippen LogP contribution < -0.4 is 10.6 Å². The van der Waals surface area contributed by atoms with Gasteiger partial charge in [0, 0.05) is 21.4 Å². The van der Waals surface area contributed by atoms with Gasteiger partial charge in [0.25, 0.3) is 0 Å². The van der Waals surface area contributed by atoms with Crippen LogP contribution in [0, 0.1) is 5.82 Å². The zero-order valence-electron chi connectivity index (χ0n) is 10.3. The maximum atomic E-state index is 13.0. The van der Waals surface area contributed by atoms with Crippen LogP contribution in [0.1, 0.15) is 0 Å². The van der Waals surface area contributed by atoms with Gasteiger partial charge in [0.1, 0.15) is 5.82 Å². The quantitative estimate of drug-likeness (QED) is 0.889. The number of carbonyl (C=O) groups is 1. The van der Waals surface area contributed by atoms with E-state index in [0.717, 1.165) is 0 Å². The van der Waals surface area contributed by atoms with Gasteiger partial charge in [0.15, 0.2) is 0 Å². The molecule has 2 aromatic rings. The van der Waals surface area contributed by atoms with Gasteiger partial charge >= 0.3 is 0 Å². The van der Waals surface area contributed by atoms with Crippen LogP contribution >= 0.6 is 23.2 Å². The van der Waals surface area contributed by atoms with Crippen molar-refractivity contribution in [2.24, 2.45) is 0 Å². The Hall–Kier alpha value is -1.78. The smallest absolute Gasteiger partial charge is 0.243 e. The predicted octanol–water partition coefficient (Wildman–Crippen LogP) is 4.18. The molecule has 0 radical (unpaired) electrons. The number of hydrogen-bond acceptors (Lipinski definition) is 2. The van der Waals surface area contributed by atoms with Gasteiger partial charge in [-0.25, -0.2) is 4.39 Å². The monoisotopic (exact) mass is 312 g/mol. The Balaban J connectivity index is 1.92. The number of hydrogen-bond donors (Lipinski definition) is 2. The van der Waals surface area contributed by atoms with E-state index in [2.05, 4.69) is 10.6 Å². The highest BCUT2D eigenvalue weighted by Gasteiger charge is 2.04. The second kappa shape index (κ2) is 6.59. The van der Waals surface area contributed by atoms with Crippen molar-refractivity contribution < 1.29 is 9.18 Å². The first-order valence-electron chi connectivity index (χ1n) is 5.78. The molecule has 0 saturated heterocycles. The standard InChI is InChI=1S/C14H11Cl2FN2O/c15-9-4-10(16)6-13(5-9)19-14(20)8-18-12-3-1-2-11(17)7-12/h1-7,18H,8H2,(H,19,20). The molecule has 0 saturated carbocycles. The highest BCUT2D eigenvalue weighted by molar-refractivity contribution is 6.35. The van der Waals surface area contributed by atoms with Crippen LogP contribution in [0.5, 0.6) is 0 Å². The topological polar surface area (TPSA) is 41.1 Å². The molecule has 0 fully saturated rings. The van der Waals surface area contributed by atoms with Crippen LogP contribution in [0.3, 0.4) is 0 Å². The van der Waals surface area contributed by atoms with Gasteiger partial charge in [0.05, 0.1) is 6.54 Å². The summed E-state index contributed by atoms with van der Waals surface area (Å²) in [5.74, 6) is -0.648. The lowest BCUT2D eigenvalue weighted by Crippen LogP contribution is -2.21. The second-order valence-corrected chi connectivity index (χ2v) is 4.94. The van der Waals surface area contributed by atoms with Gasteiger partial charge in [-0.15, -0.1) is 0 Å². The summed E-state index contributed by atoms with van der Waals surface area (Å²) in [4.78, 5) is 11.7. The van der Waals surface area contributed by atoms with Crippen LogP contribution in [-0.2, 0) is 4.79 Å². The lowest BCUT2D eigenvalue weighted by Gasteiger charge is -2.08. The lowest BCUT2D eigenvalue weighted by molar-refractivity contribution is -0.114. The molecular weight excluding hydrogens is 302 g/mol. The van der Waals surface area contributed by atoms with Crippen LogP contribution in [-0.4, -0.2) is 12.5 Å². The molecule has 20 heavy (non-hydrogen) atoms. The largest absolute Gasteiger partial charge is 0.376 e. The highest BCUT2D eigenvalue weighted by atomic mass is 35.5. The number of carbonyl (C=O) groups excluding carboxylic acids is 1. The summed E-state index contributed by atoms with van der Waals surface area (Å²) in [5.41, 5.74) is 1.04. The number of rotatable bonds is 4. The highest BCUT2D eigenvalue weighted by Crippen LogP contribution is 2.22. The average molecular weight is 313 g/mol. The van der Waals surface area contributed by atoms with Gasteiger partial charge in [-0.2, -0.15) is 0 Å². The molecular formula is C14H11Cl2FN2O. The van der Waals surface area contributed by atoms with E-state index in [9.17, 15) is 9.18 Å². The maximum Gasteiger partial charge on any atom is 0.243 e. The minimum absolute atomic E-state index is 0.00753. The zero-order valence-corrected chi connectivity index (χ0v) is 11.8. The molecule has 6 heteroatoms. The molecule has 2 N–H and O–H groups in total. The van der Waals surface area contributed by atoms with Crippen LogP contribution in [0.25, 0.3) is 0 Å². The van der Waals surface area contributed by atoms with E-state index in [1.165, 1.54) is 12.1 Å². The Morgan fingerprint density at radius 2 is 1.75 bits per heavy atom. The first-order valence-corrected chi connectivity index (χ1v) is 6.54. The van der Waals surface area contributed by atoms with Gasteiger partial charge in [-0.05, 0) is 36.4 Å². The third kappa shape index (κ3) is 4.40. The van der Waals surface area contributed by atoms with Crippen molar-refractivity contribution in [3.63, 3.8) is 0 Å². The number of anilines is 2. The number of nitrogens with one attached hydrogen (secondary N) is 2. The Morgan fingerprint density at radius 3 is 2.40 bits per heavy atom. The molecule has 0 heterocycles. The van der Waals surface area contributed by atoms with Crippen molar-refractivity contribution in [1.82, 2.24) is 0 Å². The van der Waals surface area contributed by atoms with E-state index in [0.29, 0.717) is 21.4 Å². The molecule has 2 aromatic carbocycles. The van der Waals surface area contributed by atoms with E-state index in [4.69, 9.17) is 23.2 Å². The van der Waals surface area contributed by atoms with E-state index >= 15 is 0 Å². The number of amides is 1. The fourth-order valence-corrected chi connectivity index (χ4v) is 2.14. The molecule has 2 rings (SSSR count). The second-order valence-electron chi connectivity index (χ2n) is 4.07. The molecule has 0 aliphatic carbocycles. The summed E-state index contributed by atoms with van der Waals surface area (Å²) in [6.45, 7) is 0.00753. The van der Waals surface area contributed by atoms with Crippen LogP contribution in [0.4, 0.5) is 15.8 Å². The molecule has 0 aromatic heterocycles. The van der Waals surface area contributed by atoms with E-state index in [1.807, 2.05) is 0 Å². The predicted molar refractivity (Wildman–Crippen MR) is 80.0 cm³/mol. The van der Waals surface area contributed by atoms with E-state index in [-0.39, 0.29) is 18.3 Å². The summed E-state index contributed by atoms with van der Waals surface area (Å²) >= 11 is 11.7. The minimum Gasteiger partial charge on any atom is -0.376 e. The summed E-state index contributed by atoms with van der Waals surface area (Å²) in [6.07, 6.45) is 0. The Labute approximate surface area is 125 Å². The van der Waals surface area contributed by atoms with E-state index < -0.39 is 0 Å². The summed E-state index contributed by atoms with van der Waals surface area (Å²) in [6, 6.07) is 10.6. The summed E-state index contributed by atoms with van der Waals surface area (Å²) in [5, 5.41) is 6.33. The molecule has 0 aliphatic heterocycles. The fourth-order valence-electron chi connectivity index (χ4n) is 1.61. The molecule has 0 atom stereocenters. The van der Waals surface area contributed by atoms with Crippen molar-refractivity contribution in [1.29, 1.82) is 0 Å². The normalized spacial score (nSPS) is 10.2. The molecule has 0 spiro atoms. The molecule has 3 nitrogen and oxygen atoms in total. The van der Waals surface area contributed by atoms with Gasteiger partial charge in [0.2, 0.25) is 5.91 Å². The number of halogens is 3. The Bertz CT molecular complexity index is 614. The first-order chi connectivity index (χ1) is 9.52. The van der Waals surface area contributed by atoms with Gasteiger partial charge in [-0.3, -0.25) is 4.79 Å². The van der Waals surface area contributed by atoms with E-state index in [1.54, 1.807) is 30.3 Å². The van der Waals surface area contributed by atoms with Gasteiger partial charge < -0.3 is 10.6 Å². The van der Waals surface area contributed by atoms with Crippen LogP contribution in [0.15, 0.2) is 42.5 Å². The average Bonchev–Trinajstić information content (AvgIpc) is 2.35. The zero-order chi connectivity index (χ0) is 14.5. The number of benzene rings is 2. The van der Waals surface area contributed by atoms with Crippen molar-refractivity contribution in [3.05, 3.63) is 58.3 Å². The third-order valence-corrected chi connectivity index (χ3v) is 2.86. The summed E-state index contributed by atoms with van der Waals surface area (Å²) in [7, 11) is 0. The fraction of sp³-hybridized carbons (Fsp3) is 0.0714. The Morgan fingerprint density at radius 1 is 1.05 bits per heavy atom. The molecule has 0 unspecified atom stereocenters. The SMILES string of the molecule is O=C(CNc1cccc(F)c1)Nc1cc(Cl)cc(Cl)c1. The maximum absolute atomic E-state index is 13.0. The Kier molecular flexibility index (Phi) is 4.82. The van der Waals surface area contributed by atoms with Crippen molar-refractivity contribution in [2.75, 3.05) is 17.2 Å². The summed E-state index contributed by atoms with van der Waals surface area (Å²) < 4.78 is 13.0. The van der Waals surface area contributed by atoms with Crippen molar-refractivity contribution in [2.45, 2.75) is 0 Å². The van der Waals surface area contributed by atoms with Crippen molar-refractivity contribution in [3.8, 4) is 0 Å². The third-order valence-electron chi connectivity index (χ3n) is 2.42. The van der Waals surface area contributed by atoms with Gasteiger partial charge in [-0.1, -0.05) is 29.3 Å². The molecule has 1 amide bonds.